The zero-order valence-electron chi connectivity index (χ0n) is 15.8. The topological polar surface area (TPSA) is 72.5 Å². The normalized spacial score (nSPS) is 15.5. The molecule has 0 radical (unpaired) electrons. The molecule has 152 valence electrons. The second-order valence-electron chi connectivity index (χ2n) is 6.71. The van der Waals surface area contributed by atoms with Crippen LogP contribution in [0.2, 0.25) is 0 Å². The summed E-state index contributed by atoms with van der Waals surface area (Å²) in [6, 6.07) is 6.41. The van der Waals surface area contributed by atoms with E-state index in [1.807, 2.05) is 12.2 Å². The van der Waals surface area contributed by atoms with Crippen molar-refractivity contribution in [2.45, 2.75) is 63.8 Å². The predicted molar refractivity (Wildman–Crippen MR) is 98.1 cm³/mol. The highest BCUT2D eigenvalue weighted by Gasteiger charge is 2.37. The van der Waals surface area contributed by atoms with Crippen LogP contribution in [0, 0.1) is 0 Å². The number of nitrogens with two attached hydrogens (primary N) is 1. The fraction of sp³-hybridized carbons (Fsp3) is 0.550. The van der Waals surface area contributed by atoms with Gasteiger partial charge in [-0.2, -0.15) is 13.2 Å². The monoisotopic (exact) mass is 387 g/mol. The second-order valence-corrected chi connectivity index (χ2v) is 6.71. The third-order valence-corrected chi connectivity index (χ3v) is 4.21. The van der Waals surface area contributed by atoms with Crippen LogP contribution < -0.4 is 5.73 Å². The number of hydrogen-bond donors (Lipinski definition) is 2. The highest BCUT2D eigenvalue weighted by Crippen LogP contribution is 2.21. The van der Waals surface area contributed by atoms with Crippen molar-refractivity contribution < 1.29 is 27.8 Å². The number of aryl methyl sites for hydroxylation is 1. The van der Waals surface area contributed by atoms with Crippen LogP contribution in [-0.2, 0) is 22.4 Å². The van der Waals surface area contributed by atoms with Gasteiger partial charge in [0.15, 0.2) is 0 Å². The maximum atomic E-state index is 12.3. The summed E-state index contributed by atoms with van der Waals surface area (Å²) < 4.78 is 41.8. The van der Waals surface area contributed by atoms with Gasteiger partial charge in [0.25, 0.3) is 0 Å². The average Bonchev–Trinajstić information content (AvgIpc) is 2.58. The van der Waals surface area contributed by atoms with Gasteiger partial charge in [0.05, 0.1) is 19.1 Å². The number of hydrogen-bond acceptors (Lipinski definition) is 4. The number of aliphatic hydroxyl groups excluding tert-OH is 1. The van der Waals surface area contributed by atoms with Crippen molar-refractivity contribution in [3.05, 3.63) is 47.5 Å². The zero-order valence-corrected chi connectivity index (χ0v) is 15.8. The van der Waals surface area contributed by atoms with Crippen LogP contribution in [0.25, 0.3) is 0 Å². The van der Waals surface area contributed by atoms with Crippen LogP contribution in [0.4, 0.5) is 13.2 Å². The molecule has 7 heteroatoms. The minimum absolute atomic E-state index is 0.204. The minimum atomic E-state index is -4.19. The highest BCUT2D eigenvalue weighted by atomic mass is 19.4. The van der Waals surface area contributed by atoms with Crippen LogP contribution in [0.5, 0.6) is 0 Å². The first-order valence-corrected chi connectivity index (χ1v) is 9.00. The molecule has 0 bridgehead atoms. The number of ether oxygens (including phenoxy) is 1. The molecule has 0 heterocycles. The van der Waals surface area contributed by atoms with E-state index in [1.54, 1.807) is 19.1 Å². The molecular weight excluding hydrogens is 359 g/mol. The van der Waals surface area contributed by atoms with E-state index in [1.165, 1.54) is 19.1 Å². The highest BCUT2D eigenvalue weighted by molar-refractivity contribution is 5.80. The first kappa shape index (κ1) is 23.2. The number of rotatable bonds is 10. The SMILES string of the molecule is CCOC(=O)C(C)(N)C(O)CCC=CCCc1ccc(CC(F)(F)F)cc1. The molecule has 1 aromatic carbocycles. The second kappa shape index (κ2) is 10.5. The quantitative estimate of drug-likeness (QED) is 0.474. The van der Waals surface area contributed by atoms with Crippen LogP contribution in [0.3, 0.4) is 0 Å². The molecule has 0 fully saturated rings. The molecule has 0 aromatic heterocycles. The lowest BCUT2D eigenvalue weighted by Gasteiger charge is -2.27. The Kier molecular flexibility index (Phi) is 8.99. The zero-order chi connectivity index (χ0) is 20.5. The summed E-state index contributed by atoms with van der Waals surface area (Å²) in [5, 5.41) is 10.1. The van der Waals surface area contributed by atoms with E-state index in [0.717, 1.165) is 12.0 Å². The summed E-state index contributed by atoms with van der Waals surface area (Å²) in [4.78, 5) is 11.7. The third kappa shape index (κ3) is 8.58. The van der Waals surface area contributed by atoms with Crippen molar-refractivity contribution in [2.24, 2.45) is 5.73 Å². The lowest BCUT2D eigenvalue weighted by atomic mass is 9.92. The van der Waals surface area contributed by atoms with E-state index in [2.05, 4.69) is 0 Å². The molecule has 2 unspecified atom stereocenters. The van der Waals surface area contributed by atoms with E-state index in [9.17, 15) is 23.1 Å². The maximum absolute atomic E-state index is 12.3. The van der Waals surface area contributed by atoms with Crippen molar-refractivity contribution in [1.29, 1.82) is 0 Å². The standard InChI is InChI=1S/C20H28F3NO3/c1-3-27-18(26)19(2,24)17(25)9-7-5-4-6-8-15-10-12-16(13-11-15)14-20(21,22)23/h4-5,10-13,17,25H,3,6-9,14,24H2,1-2H3. The molecule has 0 aliphatic rings. The molecule has 3 N–H and O–H groups in total. The molecule has 0 amide bonds. The first-order chi connectivity index (χ1) is 12.6. The number of benzene rings is 1. The fourth-order valence-electron chi connectivity index (χ4n) is 2.52. The Morgan fingerprint density at radius 2 is 1.74 bits per heavy atom. The van der Waals surface area contributed by atoms with Crippen molar-refractivity contribution in [3.63, 3.8) is 0 Å². The van der Waals surface area contributed by atoms with Crippen molar-refractivity contribution in [3.8, 4) is 0 Å². The lowest BCUT2D eigenvalue weighted by molar-refractivity contribution is -0.153. The Hall–Kier alpha value is -1.86. The molecule has 27 heavy (non-hydrogen) atoms. The van der Waals surface area contributed by atoms with E-state index >= 15 is 0 Å². The summed E-state index contributed by atoms with van der Waals surface area (Å²) in [6.45, 7) is 3.32. The minimum Gasteiger partial charge on any atom is -0.465 e. The van der Waals surface area contributed by atoms with Crippen molar-refractivity contribution in [1.82, 2.24) is 0 Å². The van der Waals surface area contributed by atoms with Crippen LogP contribution in [0.15, 0.2) is 36.4 Å². The molecule has 0 aliphatic heterocycles. The smallest absolute Gasteiger partial charge is 0.393 e. The van der Waals surface area contributed by atoms with E-state index in [4.69, 9.17) is 10.5 Å². The molecule has 2 atom stereocenters. The molecule has 0 saturated carbocycles. The van der Waals surface area contributed by atoms with Gasteiger partial charge in [-0.15, -0.1) is 0 Å². The van der Waals surface area contributed by atoms with Gasteiger partial charge in [0, 0.05) is 0 Å². The van der Waals surface area contributed by atoms with Gasteiger partial charge in [-0.25, -0.2) is 4.79 Å². The summed E-state index contributed by atoms with van der Waals surface area (Å²) >= 11 is 0. The third-order valence-electron chi connectivity index (χ3n) is 4.21. The first-order valence-electron chi connectivity index (χ1n) is 9.00. The summed E-state index contributed by atoms with van der Waals surface area (Å²) in [5.41, 5.74) is 5.61. The largest absolute Gasteiger partial charge is 0.465 e. The van der Waals surface area contributed by atoms with Crippen LogP contribution >= 0.6 is 0 Å². The Morgan fingerprint density at radius 1 is 1.19 bits per heavy atom. The van der Waals surface area contributed by atoms with Gasteiger partial charge in [0.1, 0.15) is 5.54 Å². The van der Waals surface area contributed by atoms with Gasteiger partial charge in [-0.1, -0.05) is 36.4 Å². The molecule has 1 rings (SSSR count). The molecule has 0 aliphatic carbocycles. The molecule has 0 saturated heterocycles. The number of aliphatic hydroxyl groups is 1. The van der Waals surface area contributed by atoms with Gasteiger partial charge in [0.2, 0.25) is 0 Å². The van der Waals surface area contributed by atoms with Crippen molar-refractivity contribution in [2.75, 3.05) is 6.61 Å². The Labute approximate surface area is 158 Å². The maximum Gasteiger partial charge on any atom is 0.393 e. The molecule has 4 nitrogen and oxygen atoms in total. The van der Waals surface area contributed by atoms with Crippen LogP contribution in [0.1, 0.15) is 44.2 Å². The van der Waals surface area contributed by atoms with Crippen molar-refractivity contribution >= 4 is 5.97 Å². The Bertz CT molecular complexity index is 610. The number of carbonyl (C=O) groups is 1. The van der Waals surface area contributed by atoms with Crippen LogP contribution in [-0.4, -0.2) is 35.5 Å². The lowest BCUT2D eigenvalue weighted by Crippen LogP contribution is -2.55. The number of allylic oxidation sites excluding steroid dienone is 2. The summed E-state index contributed by atoms with van der Waals surface area (Å²) in [7, 11) is 0. The summed E-state index contributed by atoms with van der Waals surface area (Å²) in [6.07, 6.45) is 0.0317. The average molecular weight is 387 g/mol. The Morgan fingerprint density at radius 3 is 2.30 bits per heavy atom. The van der Waals surface area contributed by atoms with E-state index < -0.39 is 30.2 Å². The molecular formula is C20H28F3NO3. The molecule has 1 aromatic rings. The van der Waals surface area contributed by atoms with Gasteiger partial charge in [-0.3, -0.25) is 0 Å². The number of carbonyl (C=O) groups excluding carboxylic acids is 1. The Balaban J connectivity index is 2.34. The van der Waals surface area contributed by atoms with E-state index in [-0.39, 0.29) is 12.2 Å². The number of esters is 1. The number of halogens is 3. The number of alkyl halides is 3. The fourth-order valence-corrected chi connectivity index (χ4v) is 2.52. The molecule has 0 spiro atoms. The van der Waals surface area contributed by atoms with Gasteiger partial charge >= 0.3 is 12.1 Å². The summed E-state index contributed by atoms with van der Waals surface area (Å²) in [5.74, 6) is -0.629. The van der Waals surface area contributed by atoms with Gasteiger partial charge in [-0.05, 0) is 50.7 Å². The predicted octanol–water partition coefficient (Wildman–Crippen LogP) is 3.70. The van der Waals surface area contributed by atoms with Gasteiger partial charge < -0.3 is 15.6 Å². The van der Waals surface area contributed by atoms with E-state index in [0.29, 0.717) is 19.3 Å².